The predicted octanol–water partition coefficient (Wildman–Crippen LogP) is -0.901. The molecule has 0 aliphatic heterocycles. The van der Waals surface area contributed by atoms with E-state index in [2.05, 4.69) is 0 Å². The molecule has 0 fully saturated rings. The predicted molar refractivity (Wildman–Crippen MR) is 21.0 cm³/mol. The zero-order chi connectivity index (χ0) is 6.73. The summed E-state index contributed by atoms with van der Waals surface area (Å²) in [4.78, 5) is 0. The third kappa shape index (κ3) is 3.27. The summed E-state index contributed by atoms with van der Waals surface area (Å²) >= 11 is 0. The van der Waals surface area contributed by atoms with Crippen LogP contribution < -0.4 is 11.0 Å². The summed E-state index contributed by atoms with van der Waals surface area (Å²) in [5, 5.41) is 7.31. The van der Waals surface area contributed by atoms with Gasteiger partial charge >= 0.3 is 0 Å². The molecular weight excluding hydrogens is 66.0 g/mol. The highest BCUT2D eigenvalue weighted by Crippen LogP contribution is 1.31. The summed E-state index contributed by atoms with van der Waals surface area (Å²) in [6, 6.07) is 0. The minimum absolute atomic E-state index is 0.0625. The molecule has 4 N–H and O–H groups in total. The lowest BCUT2D eigenvalue weighted by atomic mass is 11.0. The van der Waals surface area contributed by atoms with Crippen LogP contribution in [0.2, 0.25) is 4.24 Å². The van der Waals surface area contributed by atoms with Crippen LogP contribution in [0, 0.1) is 5.41 Å². The van der Waals surface area contributed by atoms with Crippen LogP contribution in [0.25, 0.3) is 0 Å². The minimum atomic E-state index is -0.481. The fourth-order valence-electron chi connectivity index (χ4n) is 0. The Morgan fingerprint density at radius 2 is 3.20 bits per heavy atom. The van der Waals surface area contributed by atoms with Crippen molar-refractivity contribution >= 4 is 5.96 Å². The molecule has 0 aromatic rings. The van der Waals surface area contributed by atoms with Gasteiger partial charge in [0.25, 0.3) is 0 Å². The van der Waals surface area contributed by atoms with Crippen LogP contribution in [-0.4, -0.2) is 13.0 Å². The second kappa shape index (κ2) is 1.58. The van der Waals surface area contributed by atoms with Gasteiger partial charge in [-0.25, -0.2) is 0 Å². The van der Waals surface area contributed by atoms with Gasteiger partial charge in [0.2, 0.25) is 0 Å². The molecule has 30 valence electrons. The van der Waals surface area contributed by atoms with Crippen LogP contribution in [0.4, 0.5) is 0 Å². The van der Waals surface area contributed by atoms with Crippen molar-refractivity contribution in [2.45, 2.75) is 0 Å². The Kier molecular flexibility index (Phi) is 0.366. The first-order valence-electron chi connectivity index (χ1n) is 2.49. The third-order valence-corrected chi connectivity index (χ3v) is 0.212. The Hall–Kier alpha value is -0.730. The normalized spacial score (nSPS) is 14.2. The van der Waals surface area contributed by atoms with E-state index in [1.165, 1.54) is 7.05 Å². The van der Waals surface area contributed by atoms with Crippen LogP contribution in [-0.2, 0) is 0 Å². The van der Waals surface area contributed by atoms with Crippen LogP contribution in [0.5, 0.6) is 0 Å². The number of hydrogen-bond acceptors (Lipinski definition) is 1. The Balaban J connectivity index is 3.65. The molecule has 0 saturated heterocycles. The number of nitrogens with two attached hydrogens (primary N) is 1. The van der Waals surface area contributed by atoms with Crippen molar-refractivity contribution in [1.82, 2.24) is 5.31 Å². The van der Waals surface area contributed by atoms with E-state index in [0.29, 0.717) is 5.31 Å². The van der Waals surface area contributed by atoms with Gasteiger partial charge in [0.05, 0.1) is 0 Å². The molecule has 3 nitrogen and oxygen atoms in total. The lowest BCUT2D eigenvalue weighted by Gasteiger charge is -1.85. The van der Waals surface area contributed by atoms with Gasteiger partial charge in [-0.1, -0.05) is 0 Å². The number of hydrogen-bond donors (Lipinski definition) is 3. The summed E-state index contributed by atoms with van der Waals surface area (Å²) in [5.74, 6) is -0.481. The Bertz CT molecular complexity index is 80.5. The SMILES string of the molecule is [2H]N([2H])C(=N)N([2H])C. The van der Waals surface area contributed by atoms with E-state index in [1.54, 1.807) is 0 Å². The van der Waals surface area contributed by atoms with Gasteiger partial charge < -0.3 is 11.0 Å². The Morgan fingerprint density at radius 3 is 3.20 bits per heavy atom. The first kappa shape index (κ1) is 1.16. The highest BCUT2D eigenvalue weighted by atomic mass is 15.0. The molecule has 0 saturated carbocycles. The summed E-state index contributed by atoms with van der Waals surface area (Å²) in [7, 11) is 1.28. The highest BCUT2D eigenvalue weighted by Gasteiger charge is 1.65. The van der Waals surface area contributed by atoms with Crippen molar-refractivity contribution in [1.29, 1.82) is 5.41 Å². The minimum Gasteiger partial charge on any atom is -0.370 e. The molecule has 0 aliphatic rings. The summed E-state index contributed by atoms with van der Waals surface area (Å²) in [6.07, 6.45) is 0. The van der Waals surface area contributed by atoms with Crippen LogP contribution in [0.1, 0.15) is 0 Å². The van der Waals surface area contributed by atoms with Crippen molar-refractivity contribution < 1.29 is 4.24 Å². The van der Waals surface area contributed by atoms with E-state index >= 15 is 0 Å². The first-order valence-corrected chi connectivity index (χ1v) is 1.14. The topological polar surface area (TPSA) is 61.9 Å². The molecule has 0 aliphatic carbocycles. The molecule has 0 aromatic heterocycles. The van der Waals surface area contributed by atoms with Crippen LogP contribution in [0.15, 0.2) is 0 Å². The van der Waals surface area contributed by atoms with E-state index in [1.807, 2.05) is 0 Å². The van der Waals surface area contributed by atoms with E-state index < -0.39 is 5.96 Å². The van der Waals surface area contributed by atoms with Gasteiger partial charge in [-0.2, -0.15) is 0 Å². The summed E-state index contributed by atoms with van der Waals surface area (Å²) in [6.45, 7) is 0. The molecular formula is C2H7N3. The molecule has 3 heteroatoms. The highest BCUT2D eigenvalue weighted by molar-refractivity contribution is 5.73. The van der Waals surface area contributed by atoms with Gasteiger partial charge in [-0.3, -0.25) is 5.41 Å². The smallest absolute Gasteiger partial charge is 0.185 e. The fourth-order valence-corrected chi connectivity index (χ4v) is 0. The maximum atomic E-state index is 6.69. The average Bonchev–Trinajstić information content (AvgIpc) is 1.64. The molecule has 0 atom stereocenters. The lowest BCUT2D eigenvalue weighted by Crippen LogP contribution is -2.25. The standard InChI is InChI=1S/C2H7N3/c1-5-2(3)4/h1H3,(H4,3,4,5)/i/hD3. The van der Waals surface area contributed by atoms with Crippen molar-refractivity contribution in [3.63, 3.8) is 0 Å². The molecule has 0 heterocycles. The van der Waals surface area contributed by atoms with Crippen LogP contribution in [0.3, 0.4) is 0 Å². The average molecular weight is 76.1 g/mol. The molecule has 0 spiro atoms. The van der Waals surface area contributed by atoms with E-state index in [9.17, 15) is 0 Å². The molecule has 5 heavy (non-hydrogen) atoms. The van der Waals surface area contributed by atoms with Crippen molar-refractivity contribution in [2.75, 3.05) is 7.05 Å². The largest absolute Gasteiger partial charge is 0.370 e. The first-order chi connectivity index (χ1) is 3.55. The summed E-state index contributed by atoms with van der Waals surface area (Å²) in [5.41, 5.74) is 0.0625. The zero-order valence-electron chi connectivity index (χ0n) is 5.89. The molecule has 0 bridgehead atoms. The third-order valence-electron chi connectivity index (χ3n) is 0.212. The van der Waals surface area contributed by atoms with Gasteiger partial charge in [-0.15, -0.1) is 0 Å². The maximum Gasteiger partial charge on any atom is 0.185 e. The maximum absolute atomic E-state index is 6.69. The van der Waals surface area contributed by atoms with E-state index in [0.717, 1.165) is 0 Å². The van der Waals surface area contributed by atoms with Crippen LogP contribution >= 0.6 is 0 Å². The number of guanidine groups is 1. The Labute approximate surface area is 35.1 Å². The second-order valence-electron chi connectivity index (χ2n) is 0.547. The van der Waals surface area contributed by atoms with Crippen molar-refractivity contribution in [2.24, 2.45) is 5.72 Å². The zero-order valence-corrected chi connectivity index (χ0v) is 2.89. The number of nitrogens with one attached hydrogen (secondary N) is 2. The monoisotopic (exact) mass is 76.1 g/mol. The Morgan fingerprint density at radius 1 is 2.60 bits per heavy atom. The van der Waals surface area contributed by atoms with Gasteiger partial charge in [-0.05, 0) is 0 Å². The molecule has 0 radical (unpaired) electrons. The summed E-state index contributed by atoms with van der Waals surface area (Å²) < 4.78 is 19.5. The quantitative estimate of drug-likeness (QED) is 0.258. The number of rotatable bonds is 0. The van der Waals surface area contributed by atoms with Gasteiger partial charge in [0, 0.05) is 7.05 Å². The fraction of sp³-hybridized carbons (Fsp3) is 0.500. The van der Waals surface area contributed by atoms with Gasteiger partial charge in [0.1, 0.15) is 0 Å². The van der Waals surface area contributed by atoms with E-state index in [4.69, 9.17) is 9.64 Å². The second-order valence-corrected chi connectivity index (χ2v) is 0.547. The van der Waals surface area contributed by atoms with Crippen molar-refractivity contribution in [3.05, 3.63) is 0 Å². The van der Waals surface area contributed by atoms with E-state index in [-0.39, 0.29) is 5.72 Å². The molecule has 0 aromatic carbocycles. The molecule has 0 unspecified atom stereocenters. The molecule has 0 amide bonds. The van der Waals surface area contributed by atoms with Crippen molar-refractivity contribution in [3.8, 4) is 0 Å². The molecule has 0 rings (SSSR count). The van der Waals surface area contributed by atoms with Gasteiger partial charge in [0.15, 0.2) is 10.2 Å². The lowest BCUT2D eigenvalue weighted by molar-refractivity contribution is 1.12.